The highest BCUT2D eigenvalue weighted by Gasteiger charge is 1.99. The summed E-state index contributed by atoms with van der Waals surface area (Å²) in [6.07, 6.45) is 3.09. The Kier molecular flexibility index (Phi) is 6.18. The lowest BCUT2D eigenvalue weighted by Gasteiger charge is -1.98. The SMILES string of the molecule is CCOC(=O)[CH]CCCN. The van der Waals surface area contributed by atoms with E-state index in [1.54, 1.807) is 6.92 Å². The Morgan fingerprint density at radius 1 is 1.70 bits per heavy atom. The summed E-state index contributed by atoms with van der Waals surface area (Å²) in [5.74, 6) is -0.240. The van der Waals surface area contributed by atoms with Crippen LogP contribution >= 0.6 is 0 Å². The van der Waals surface area contributed by atoms with Crippen LogP contribution in [0.25, 0.3) is 0 Å². The molecule has 0 saturated heterocycles. The highest BCUT2D eigenvalue weighted by molar-refractivity contribution is 5.78. The molecule has 59 valence electrons. The topological polar surface area (TPSA) is 52.3 Å². The van der Waals surface area contributed by atoms with Gasteiger partial charge in [0.05, 0.1) is 13.0 Å². The predicted molar refractivity (Wildman–Crippen MR) is 39.2 cm³/mol. The third-order valence-electron chi connectivity index (χ3n) is 1.01. The molecular weight excluding hydrogens is 130 g/mol. The van der Waals surface area contributed by atoms with Crippen molar-refractivity contribution in [1.82, 2.24) is 0 Å². The highest BCUT2D eigenvalue weighted by atomic mass is 16.5. The van der Waals surface area contributed by atoms with Crippen molar-refractivity contribution in [2.24, 2.45) is 5.73 Å². The van der Waals surface area contributed by atoms with Crippen LogP contribution in [-0.4, -0.2) is 19.1 Å². The van der Waals surface area contributed by atoms with Gasteiger partial charge in [-0.1, -0.05) is 0 Å². The summed E-state index contributed by atoms with van der Waals surface area (Å²) >= 11 is 0. The van der Waals surface area contributed by atoms with Crippen molar-refractivity contribution in [3.8, 4) is 0 Å². The van der Waals surface area contributed by atoms with Gasteiger partial charge in [0.15, 0.2) is 0 Å². The summed E-state index contributed by atoms with van der Waals surface area (Å²) < 4.78 is 4.65. The molecule has 2 N–H and O–H groups in total. The van der Waals surface area contributed by atoms with Crippen molar-refractivity contribution in [2.75, 3.05) is 13.2 Å². The average Bonchev–Trinajstić information content (AvgIpc) is 1.89. The Morgan fingerprint density at radius 2 is 2.40 bits per heavy atom. The summed E-state index contributed by atoms with van der Waals surface area (Å²) in [4.78, 5) is 10.6. The lowest BCUT2D eigenvalue weighted by atomic mass is 10.2. The van der Waals surface area contributed by atoms with Crippen molar-refractivity contribution < 1.29 is 9.53 Å². The summed E-state index contributed by atoms with van der Waals surface area (Å²) in [6.45, 7) is 2.85. The van der Waals surface area contributed by atoms with Crippen LogP contribution in [0, 0.1) is 6.42 Å². The first-order valence-corrected chi connectivity index (χ1v) is 3.51. The van der Waals surface area contributed by atoms with Gasteiger partial charge in [-0.05, 0) is 26.3 Å². The van der Waals surface area contributed by atoms with E-state index in [1.807, 2.05) is 0 Å². The van der Waals surface area contributed by atoms with Crippen LogP contribution in [0.1, 0.15) is 19.8 Å². The van der Waals surface area contributed by atoms with Crippen LogP contribution in [0.15, 0.2) is 0 Å². The molecule has 3 heteroatoms. The molecule has 0 fully saturated rings. The molecule has 0 heterocycles. The number of nitrogens with two attached hydrogens (primary N) is 1. The molecule has 0 saturated carbocycles. The Hall–Kier alpha value is -0.570. The van der Waals surface area contributed by atoms with Crippen LogP contribution in [0.5, 0.6) is 0 Å². The Morgan fingerprint density at radius 3 is 2.90 bits per heavy atom. The molecule has 0 bridgehead atoms. The lowest BCUT2D eigenvalue weighted by molar-refractivity contribution is -0.139. The fourth-order valence-corrected chi connectivity index (χ4v) is 0.539. The first kappa shape index (κ1) is 9.43. The van der Waals surface area contributed by atoms with Crippen molar-refractivity contribution >= 4 is 5.97 Å². The molecule has 1 radical (unpaired) electrons. The van der Waals surface area contributed by atoms with Crippen LogP contribution in [-0.2, 0) is 9.53 Å². The van der Waals surface area contributed by atoms with Gasteiger partial charge in [0.2, 0.25) is 0 Å². The maximum Gasteiger partial charge on any atom is 0.309 e. The van der Waals surface area contributed by atoms with Gasteiger partial charge in [-0.15, -0.1) is 0 Å². The summed E-state index contributed by atoms with van der Waals surface area (Å²) in [6, 6.07) is 0. The number of unbranched alkanes of at least 4 members (excludes halogenated alkanes) is 1. The van der Waals surface area contributed by atoms with Crippen molar-refractivity contribution in [2.45, 2.75) is 19.8 Å². The lowest BCUT2D eigenvalue weighted by Crippen LogP contribution is -2.06. The fourth-order valence-electron chi connectivity index (χ4n) is 0.539. The maximum absolute atomic E-state index is 10.6. The summed E-state index contributed by atoms with van der Waals surface area (Å²) in [5.41, 5.74) is 5.22. The Bertz CT molecular complexity index is 93.6. The maximum atomic E-state index is 10.6. The number of hydrogen-bond acceptors (Lipinski definition) is 3. The fraction of sp³-hybridized carbons (Fsp3) is 0.714. The van der Waals surface area contributed by atoms with Crippen LogP contribution in [0.2, 0.25) is 0 Å². The van der Waals surface area contributed by atoms with Gasteiger partial charge < -0.3 is 10.5 Å². The molecule has 3 nitrogen and oxygen atoms in total. The molecule has 0 aromatic carbocycles. The highest BCUT2D eigenvalue weighted by Crippen LogP contribution is 1.93. The zero-order valence-electron chi connectivity index (χ0n) is 6.30. The van der Waals surface area contributed by atoms with Crippen LogP contribution < -0.4 is 5.73 Å². The standard InChI is InChI=1S/C7H14NO2/c1-2-10-7(9)5-3-4-6-8/h5H,2-4,6,8H2,1H3. The number of ether oxygens (including phenoxy) is 1. The van der Waals surface area contributed by atoms with E-state index in [2.05, 4.69) is 4.74 Å². The molecule has 0 aliphatic carbocycles. The molecule has 0 aliphatic heterocycles. The van der Waals surface area contributed by atoms with E-state index in [0.29, 0.717) is 13.2 Å². The molecule has 0 spiro atoms. The molecule has 0 aromatic heterocycles. The number of carbonyl (C=O) groups is 1. The molecule has 0 atom stereocenters. The minimum absolute atomic E-state index is 0.240. The Balaban J connectivity index is 3.05. The first-order chi connectivity index (χ1) is 4.81. The van der Waals surface area contributed by atoms with E-state index in [9.17, 15) is 4.79 Å². The van der Waals surface area contributed by atoms with E-state index in [4.69, 9.17) is 5.73 Å². The molecule has 10 heavy (non-hydrogen) atoms. The predicted octanol–water partition coefficient (Wildman–Crippen LogP) is 0.493. The van der Waals surface area contributed by atoms with Gasteiger partial charge in [0, 0.05) is 0 Å². The second-order valence-corrected chi connectivity index (χ2v) is 1.89. The molecular formula is C7H14NO2. The quantitative estimate of drug-likeness (QED) is 0.451. The third-order valence-corrected chi connectivity index (χ3v) is 1.01. The zero-order valence-corrected chi connectivity index (χ0v) is 6.30. The molecule has 0 aliphatic rings. The molecule has 0 rings (SSSR count). The van der Waals surface area contributed by atoms with Crippen molar-refractivity contribution in [3.63, 3.8) is 0 Å². The van der Waals surface area contributed by atoms with E-state index in [0.717, 1.165) is 12.8 Å². The minimum atomic E-state index is -0.240. The molecule has 0 amide bonds. The van der Waals surface area contributed by atoms with Gasteiger partial charge in [-0.25, -0.2) is 0 Å². The zero-order chi connectivity index (χ0) is 7.82. The second-order valence-electron chi connectivity index (χ2n) is 1.89. The smallest absolute Gasteiger partial charge is 0.309 e. The van der Waals surface area contributed by atoms with Crippen molar-refractivity contribution in [3.05, 3.63) is 6.42 Å². The van der Waals surface area contributed by atoms with Gasteiger partial charge >= 0.3 is 5.97 Å². The minimum Gasteiger partial charge on any atom is -0.466 e. The number of carbonyl (C=O) groups excluding carboxylic acids is 1. The largest absolute Gasteiger partial charge is 0.466 e. The normalized spacial score (nSPS) is 9.40. The second kappa shape index (κ2) is 6.55. The number of rotatable bonds is 5. The van der Waals surface area contributed by atoms with Crippen LogP contribution in [0.4, 0.5) is 0 Å². The van der Waals surface area contributed by atoms with Gasteiger partial charge in [-0.3, -0.25) is 4.79 Å². The monoisotopic (exact) mass is 144 g/mol. The van der Waals surface area contributed by atoms with E-state index < -0.39 is 0 Å². The Labute approximate surface area is 61.5 Å². The van der Waals surface area contributed by atoms with Gasteiger partial charge in [-0.2, -0.15) is 0 Å². The number of hydrogen-bond donors (Lipinski definition) is 1. The summed E-state index contributed by atoms with van der Waals surface area (Å²) in [5, 5.41) is 0. The van der Waals surface area contributed by atoms with E-state index in [1.165, 1.54) is 6.42 Å². The van der Waals surface area contributed by atoms with Crippen LogP contribution in [0.3, 0.4) is 0 Å². The van der Waals surface area contributed by atoms with Gasteiger partial charge in [0.1, 0.15) is 0 Å². The van der Waals surface area contributed by atoms with E-state index >= 15 is 0 Å². The molecule has 0 unspecified atom stereocenters. The first-order valence-electron chi connectivity index (χ1n) is 3.51. The van der Waals surface area contributed by atoms with Gasteiger partial charge in [0.25, 0.3) is 0 Å². The average molecular weight is 144 g/mol. The van der Waals surface area contributed by atoms with E-state index in [-0.39, 0.29) is 5.97 Å². The third kappa shape index (κ3) is 5.56. The molecule has 0 aromatic rings. The number of esters is 1. The van der Waals surface area contributed by atoms with Crippen molar-refractivity contribution in [1.29, 1.82) is 0 Å². The summed E-state index contributed by atoms with van der Waals surface area (Å²) in [7, 11) is 0.